The van der Waals surface area contributed by atoms with Crippen molar-refractivity contribution in [1.29, 1.82) is 0 Å². The minimum absolute atomic E-state index is 0.519. The molecule has 26 heavy (non-hydrogen) atoms. The van der Waals surface area contributed by atoms with Gasteiger partial charge in [-0.25, -0.2) is 0 Å². The molecule has 0 aromatic heterocycles. The van der Waals surface area contributed by atoms with Gasteiger partial charge in [0.2, 0.25) is 0 Å². The van der Waals surface area contributed by atoms with E-state index in [0.717, 1.165) is 12.8 Å². The fourth-order valence-corrected chi connectivity index (χ4v) is 4.31. The van der Waals surface area contributed by atoms with Crippen molar-refractivity contribution in [1.82, 2.24) is 0 Å². The fourth-order valence-electron chi connectivity index (χ4n) is 4.31. The lowest BCUT2D eigenvalue weighted by Gasteiger charge is -2.32. The van der Waals surface area contributed by atoms with Gasteiger partial charge in [-0.1, -0.05) is 91.9 Å². The SMILES string of the molecule is C=C1C2=CC(c3cccc(C)c3)=CCC2C(CC)/C=C\c2ccccc21. The third kappa shape index (κ3) is 3.01. The number of hydrogen-bond donors (Lipinski definition) is 0. The first kappa shape index (κ1) is 16.8. The Kier molecular flexibility index (Phi) is 4.51. The standard InChI is InChI=1S/C26H26/c1-4-20-12-13-21-9-5-6-11-24(21)19(3)26-17-23(14-15-25(20)26)22-10-7-8-18(2)16-22/h5-14,16-17,20,25H,3-4,15H2,1-2H3/b13-12-. The van der Waals surface area contributed by atoms with E-state index >= 15 is 0 Å². The molecule has 2 atom stereocenters. The summed E-state index contributed by atoms with van der Waals surface area (Å²) in [5.41, 5.74) is 9.09. The van der Waals surface area contributed by atoms with Crippen molar-refractivity contribution in [2.24, 2.45) is 11.8 Å². The molecule has 0 radical (unpaired) electrons. The topological polar surface area (TPSA) is 0 Å². The zero-order chi connectivity index (χ0) is 18.1. The third-order valence-corrected chi connectivity index (χ3v) is 5.80. The number of allylic oxidation sites excluding steroid dienone is 6. The fraction of sp³-hybridized carbons (Fsp3) is 0.231. The van der Waals surface area contributed by atoms with Crippen molar-refractivity contribution in [3.8, 4) is 0 Å². The van der Waals surface area contributed by atoms with E-state index in [0.29, 0.717) is 11.8 Å². The normalized spacial score (nSPS) is 23.1. The van der Waals surface area contributed by atoms with Crippen LogP contribution < -0.4 is 0 Å². The average Bonchev–Trinajstić information content (AvgIpc) is 2.67. The molecule has 2 aliphatic carbocycles. The van der Waals surface area contributed by atoms with E-state index < -0.39 is 0 Å². The maximum absolute atomic E-state index is 4.53. The lowest BCUT2D eigenvalue weighted by molar-refractivity contribution is 0.452. The van der Waals surface area contributed by atoms with Gasteiger partial charge in [0, 0.05) is 0 Å². The first-order valence-electron chi connectivity index (χ1n) is 9.63. The van der Waals surface area contributed by atoms with Gasteiger partial charge >= 0.3 is 0 Å². The Labute approximate surface area is 157 Å². The van der Waals surface area contributed by atoms with Gasteiger partial charge in [-0.2, -0.15) is 0 Å². The van der Waals surface area contributed by atoms with Crippen molar-refractivity contribution < 1.29 is 0 Å². The van der Waals surface area contributed by atoms with E-state index in [1.54, 1.807) is 0 Å². The summed E-state index contributed by atoms with van der Waals surface area (Å²) in [6.07, 6.45) is 11.8. The second-order valence-corrected chi connectivity index (χ2v) is 7.47. The molecule has 0 amide bonds. The molecule has 0 aliphatic heterocycles. The number of aryl methyl sites for hydroxylation is 1. The Morgan fingerprint density at radius 1 is 1.08 bits per heavy atom. The largest absolute Gasteiger partial charge is 0.0908 e. The molecule has 4 rings (SSSR count). The molecule has 0 nitrogen and oxygen atoms in total. The monoisotopic (exact) mass is 338 g/mol. The zero-order valence-corrected chi connectivity index (χ0v) is 15.7. The number of benzene rings is 2. The molecular weight excluding hydrogens is 312 g/mol. The molecule has 0 saturated carbocycles. The molecule has 0 N–H and O–H groups in total. The van der Waals surface area contributed by atoms with E-state index in [4.69, 9.17) is 0 Å². The van der Waals surface area contributed by atoms with Gasteiger partial charge in [0.15, 0.2) is 0 Å². The van der Waals surface area contributed by atoms with Gasteiger partial charge in [0.25, 0.3) is 0 Å². The summed E-state index contributed by atoms with van der Waals surface area (Å²) < 4.78 is 0. The summed E-state index contributed by atoms with van der Waals surface area (Å²) in [6.45, 7) is 8.98. The van der Waals surface area contributed by atoms with Crippen molar-refractivity contribution >= 4 is 17.2 Å². The second kappa shape index (κ2) is 6.96. The van der Waals surface area contributed by atoms with Crippen LogP contribution in [0.5, 0.6) is 0 Å². The van der Waals surface area contributed by atoms with Crippen LogP contribution >= 0.6 is 0 Å². The molecule has 2 unspecified atom stereocenters. The van der Waals surface area contributed by atoms with E-state index in [-0.39, 0.29) is 0 Å². The van der Waals surface area contributed by atoms with Crippen LogP contribution in [0.25, 0.3) is 17.2 Å². The van der Waals surface area contributed by atoms with E-state index in [9.17, 15) is 0 Å². The van der Waals surface area contributed by atoms with Gasteiger partial charge in [-0.3, -0.25) is 0 Å². The Bertz CT molecular complexity index is 936. The lowest BCUT2D eigenvalue weighted by Crippen LogP contribution is -2.19. The molecule has 0 bridgehead atoms. The van der Waals surface area contributed by atoms with Crippen LogP contribution in [0.4, 0.5) is 0 Å². The van der Waals surface area contributed by atoms with Crippen molar-refractivity contribution in [3.05, 3.63) is 101 Å². The van der Waals surface area contributed by atoms with Gasteiger partial charge in [0.1, 0.15) is 0 Å². The summed E-state index contributed by atoms with van der Waals surface area (Å²) in [5, 5.41) is 0. The van der Waals surface area contributed by atoms with Crippen LogP contribution in [-0.4, -0.2) is 0 Å². The molecule has 0 heterocycles. The highest BCUT2D eigenvalue weighted by atomic mass is 14.3. The molecule has 0 saturated heterocycles. The molecule has 0 spiro atoms. The first-order chi connectivity index (χ1) is 12.7. The van der Waals surface area contributed by atoms with E-state index in [1.807, 2.05) is 0 Å². The number of rotatable bonds is 2. The molecule has 130 valence electrons. The Morgan fingerprint density at radius 2 is 1.92 bits per heavy atom. The molecular formula is C26H26. The summed E-state index contributed by atoms with van der Waals surface area (Å²) in [7, 11) is 0. The smallest absolute Gasteiger partial charge is 0.00580 e. The first-order valence-corrected chi connectivity index (χ1v) is 9.63. The maximum Gasteiger partial charge on any atom is -0.00580 e. The van der Waals surface area contributed by atoms with Crippen LogP contribution in [0, 0.1) is 18.8 Å². The maximum atomic E-state index is 4.53. The third-order valence-electron chi connectivity index (χ3n) is 5.80. The van der Waals surface area contributed by atoms with Crippen LogP contribution in [0.3, 0.4) is 0 Å². The average molecular weight is 338 g/mol. The molecule has 0 heteroatoms. The minimum Gasteiger partial charge on any atom is -0.0908 e. The predicted octanol–water partition coefficient (Wildman–Crippen LogP) is 7.09. The van der Waals surface area contributed by atoms with Crippen LogP contribution in [0.15, 0.2) is 78.9 Å². The number of fused-ring (bicyclic) bond motifs is 2. The van der Waals surface area contributed by atoms with Gasteiger partial charge in [-0.15, -0.1) is 0 Å². The second-order valence-electron chi connectivity index (χ2n) is 7.47. The molecule has 2 aliphatic rings. The van der Waals surface area contributed by atoms with E-state index in [1.165, 1.54) is 39.0 Å². The Balaban J connectivity index is 1.83. The number of hydrogen-bond acceptors (Lipinski definition) is 0. The van der Waals surface area contributed by atoms with Crippen LogP contribution in [-0.2, 0) is 0 Å². The Hall–Kier alpha value is -2.60. The lowest BCUT2D eigenvalue weighted by atomic mass is 9.72. The van der Waals surface area contributed by atoms with E-state index in [2.05, 4.69) is 93.3 Å². The minimum atomic E-state index is 0.519. The molecule has 2 aromatic rings. The zero-order valence-electron chi connectivity index (χ0n) is 15.7. The predicted molar refractivity (Wildman–Crippen MR) is 114 cm³/mol. The van der Waals surface area contributed by atoms with Crippen molar-refractivity contribution in [2.45, 2.75) is 26.7 Å². The Morgan fingerprint density at radius 3 is 2.73 bits per heavy atom. The molecule has 2 aromatic carbocycles. The van der Waals surface area contributed by atoms with Gasteiger partial charge in [-0.05, 0) is 65.0 Å². The van der Waals surface area contributed by atoms with Gasteiger partial charge < -0.3 is 0 Å². The molecule has 0 fully saturated rings. The summed E-state index contributed by atoms with van der Waals surface area (Å²) >= 11 is 0. The van der Waals surface area contributed by atoms with Crippen molar-refractivity contribution in [2.75, 3.05) is 0 Å². The summed E-state index contributed by atoms with van der Waals surface area (Å²) in [6, 6.07) is 17.4. The summed E-state index contributed by atoms with van der Waals surface area (Å²) in [4.78, 5) is 0. The van der Waals surface area contributed by atoms with Crippen molar-refractivity contribution in [3.63, 3.8) is 0 Å². The summed E-state index contributed by atoms with van der Waals surface area (Å²) in [5.74, 6) is 1.08. The van der Waals surface area contributed by atoms with Crippen LogP contribution in [0.2, 0.25) is 0 Å². The van der Waals surface area contributed by atoms with Gasteiger partial charge in [0.05, 0.1) is 0 Å². The van der Waals surface area contributed by atoms with Crippen LogP contribution in [0.1, 0.15) is 42.0 Å². The highest BCUT2D eigenvalue weighted by Crippen LogP contribution is 2.43. The highest BCUT2D eigenvalue weighted by Gasteiger charge is 2.28. The quantitative estimate of drug-likeness (QED) is 0.548. The highest BCUT2D eigenvalue weighted by molar-refractivity contribution is 5.89.